The number of nitrogens with one attached hydrogen (secondary N) is 2. The van der Waals surface area contributed by atoms with Gasteiger partial charge in [0.25, 0.3) is 0 Å². The number of hydrogen-bond donors (Lipinski definition) is 2. The van der Waals surface area contributed by atoms with Crippen molar-refractivity contribution in [3.05, 3.63) is 101 Å². The van der Waals surface area contributed by atoms with Crippen LogP contribution >= 0.6 is 35.4 Å². The molecule has 1 amide bonds. The summed E-state index contributed by atoms with van der Waals surface area (Å²) >= 11 is 18.7. The zero-order valence-corrected chi connectivity index (χ0v) is 23.0. The van der Waals surface area contributed by atoms with Gasteiger partial charge in [-0.1, -0.05) is 36.2 Å². The predicted octanol–water partition coefficient (Wildman–Crippen LogP) is 6.71. The Morgan fingerprint density at radius 3 is 2.68 bits per heavy atom. The van der Waals surface area contributed by atoms with Gasteiger partial charge in [-0.05, 0) is 66.8 Å². The van der Waals surface area contributed by atoms with E-state index >= 15 is 0 Å². The zero-order valence-electron chi connectivity index (χ0n) is 20.7. The van der Waals surface area contributed by atoms with Crippen LogP contribution in [0.2, 0.25) is 10.0 Å². The predicted molar refractivity (Wildman–Crippen MR) is 156 cm³/mol. The van der Waals surface area contributed by atoms with Crippen LogP contribution in [-0.2, 0) is 4.79 Å². The lowest BCUT2D eigenvalue weighted by Crippen LogP contribution is -2.30. The van der Waals surface area contributed by atoms with Gasteiger partial charge in [0.15, 0.2) is 5.11 Å². The maximum Gasteiger partial charge on any atom is 0.224 e. The molecule has 0 saturated carbocycles. The first-order chi connectivity index (χ1) is 18.4. The molecule has 4 aromatic rings. The maximum absolute atomic E-state index is 12.0. The number of rotatable bonds is 7. The van der Waals surface area contributed by atoms with E-state index < -0.39 is 0 Å². The average molecular weight is 567 g/mol. The first-order valence-electron chi connectivity index (χ1n) is 12.0. The van der Waals surface area contributed by atoms with E-state index in [1.807, 2.05) is 76.3 Å². The molecule has 38 heavy (non-hydrogen) atoms. The molecule has 2 atom stereocenters. The lowest BCUT2D eigenvalue weighted by Gasteiger charge is -2.29. The molecule has 7 nitrogen and oxygen atoms in total. The first-order valence-corrected chi connectivity index (χ1v) is 13.2. The van der Waals surface area contributed by atoms with Crippen LogP contribution in [0.4, 0.5) is 11.4 Å². The summed E-state index contributed by atoms with van der Waals surface area (Å²) in [7, 11) is 1.57. The van der Waals surface area contributed by atoms with Gasteiger partial charge >= 0.3 is 0 Å². The van der Waals surface area contributed by atoms with Crippen molar-refractivity contribution in [3.8, 4) is 11.4 Å². The minimum absolute atomic E-state index is 0.0971. The number of amides is 1. The Morgan fingerprint density at radius 2 is 1.97 bits per heavy atom. The maximum atomic E-state index is 12.0. The van der Waals surface area contributed by atoms with E-state index in [-0.39, 0.29) is 18.0 Å². The molecule has 1 aliphatic rings. The van der Waals surface area contributed by atoms with Gasteiger partial charge in [0.05, 0.1) is 35.2 Å². The number of pyridine rings is 1. The molecule has 0 spiro atoms. The number of aromatic nitrogens is 2. The highest BCUT2D eigenvalue weighted by Crippen LogP contribution is 2.44. The van der Waals surface area contributed by atoms with Crippen LogP contribution in [0.1, 0.15) is 36.8 Å². The van der Waals surface area contributed by atoms with Gasteiger partial charge in [0.2, 0.25) is 5.91 Å². The summed E-state index contributed by atoms with van der Waals surface area (Å²) in [6, 6.07) is 20.3. The molecule has 2 aromatic carbocycles. The zero-order chi connectivity index (χ0) is 26.8. The normalized spacial score (nSPS) is 16.8. The van der Waals surface area contributed by atoms with Crippen molar-refractivity contribution in [2.45, 2.75) is 25.4 Å². The Kier molecular flexibility index (Phi) is 7.56. The molecule has 0 aliphatic carbocycles. The highest BCUT2D eigenvalue weighted by atomic mass is 35.5. The van der Waals surface area contributed by atoms with Gasteiger partial charge < -0.3 is 24.8 Å². The lowest BCUT2D eigenvalue weighted by atomic mass is 10.0. The third kappa shape index (κ3) is 4.95. The fourth-order valence-electron chi connectivity index (χ4n) is 4.64. The summed E-state index contributed by atoms with van der Waals surface area (Å²) in [6.45, 7) is 1.80. The van der Waals surface area contributed by atoms with E-state index in [1.165, 1.54) is 0 Å². The topological polar surface area (TPSA) is 71.4 Å². The number of thiocarbonyl (C=S) groups is 1. The van der Waals surface area contributed by atoms with E-state index in [9.17, 15) is 4.79 Å². The molecule has 2 N–H and O–H groups in total. The number of ether oxygens (including phenoxy) is 1. The molecule has 0 bridgehead atoms. The Labute approximate surface area is 236 Å². The summed E-state index contributed by atoms with van der Waals surface area (Å²) < 4.78 is 7.67. The molecule has 1 fully saturated rings. The van der Waals surface area contributed by atoms with E-state index in [0.29, 0.717) is 33.0 Å². The monoisotopic (exact) mass is 565 g/mol. The van der Waals surface area contributed by atoms with Crippen LogP contribution < -0.4 is 20.3 Å². The lowest BCUT2D eigenvalue weighted by molar-refractivity contribution is -0.115. The minimum atomic E-state index is -0.292. The van der Waals surface area contributed by atoms with Gasteiger partial charge in [-0.3, -0.25) is 9.78 Å². The van der Waals surface area contributed by atoms with Crippen molar-refractivity contribution >= 4 is 57.8 Å². The van der Waals surface area contributed by atoms with Crippen molar-refractivity contribution in [3.63, 3.8) is 0 Å². The number of nitrogens with zero attached hydrogens (tertiary/aromatic N) is 3. The summed E-state index contributed by atoms with van der Waals surface area (Å²) in [5.74, 6) is 0.434. The van der Waals surface area contributed by atoms with Crippen LogP contribution in [0.5, 0.6) is 5.75 Å². The third-order valence-corrected chi connectivity index (χ3v) is 7.26. The molecule has 2 aromatic heterocycles. The van der Waals surface area contributed by atoms with Crippen LogP contribution in [0, 0.1) is 0 Å². The highest BCUT2D eigenvalue weighted by Gasteiger charge is 2.42. The second kappa shape index (κ2) is 11.0. The van der Waals surface area contributed by atoms with Gasteiger partial charge in [0, 0.05) is 41.3 Å². The molecule has 0 radical (unpaired) electrons. The van der Waals surface area contributed by atoms with E-state index in [1.54, 1.807) is 26.3 Å². The summed E-state index contributed by atoms with van der Waals surface area (Å²) in [6.07, 6.45) is 4.09. The largest absolute Gasteiger partial charge is 0.494 e. The van der Waals surface area contributed by atoms with Crippen LogP contribution in [0.15, 0.2) is 79.1 Å². The van der Waals surface area contributed by atoms with Gasteiger partial charge in [0.1, 0.15) is 11.8 Å². The molecule has 3 heterocycles. The molecule has 5 rings (SSSR count). The van der Waals surface area contributed by atoms with Crippen molar-refractivity contribution < 1.29 is 9.53 Å². The number of anilines is 2. The van der Waals surface area contributed by atoms with E-state index in [2.05, 4.69) is 15.6 Å². The number of hydrogen-bond acceptors (Lipinski definition) is 4. The smallest absolute Gasteiger partial charge is 0.224 e. The quantitative estimate of drug-likeness (QED) is 0.242. The molecule has 10 heteroatoms. The van der Waals surface area contributed by atoms with Crippen molar-refractivity contribution in [2.75, 3.05) is 17.3 Å². The van der Waals surface area contributed by atoms with Gasteiger partial charge in [-0.25, -0.2) is 0 Å². The first kappa shape index (κ1) is 26.0. The SMILES string of the molecule is CCC(=O)Nc1ccc(N2C(=S)N[C@H](c3ccccn3)[C@@H]2c2cccn2-c2ccc(Cl)cc2Cl)cc1OC. The molecule has 1 aliphatic heterocycles. The second-order valence-corrected chi connectivity index (χ2v) is 9.91. The van der Waals surface area contributed by atoms with Crippen molar-refractivity contribution in [1.29, 1.82) is 0 Å². The second-order valence-electron chi connectivity index (χ2n) is 8.68. The molecule has 1 saturated heterocycles. The number of halogens is 2. The van der Waals surface area contributed by atoms with Gasteiger partial charge in [-0.2, -0.15) is 0 Å². The third-order valence-electron chi connectivity index (χ3n) is 6.41. The van der Waals surface area contributed by atoms with Crippen LogP contribution in [0.25, 0.3) is 5.69 Å². The number of carbonyl (C=O) groups is 1. The minimum Gasteiger partial charge on any atom is -0.494 e. The Hall–Kier alpha value is -3.59. The Morgan fingerprint density at radius 1 is 1.13 bits per heavy atom. The number of benzene rings is 2. The summed E-state index contributed by atoms with van der Waals surface area (Å²) in [4.78, 5) is 18.7. The standard InChI is InChI=1S/C28H25Cl2N5O2S/c1-3-25(36)32-20-11-10-18(16-24(20)37-2)35-27(26(33-28(35)38)21-7-4-5-13-31-21)23-8-6-14-34(23)22-12-9-17(29)15-19(22)30/h4-16,26-27H,3H2,1-2H3,(H,32,36)(H,33,38)/t26-,27+/m1/s1. The van der Waals surface area contributed by atoms with Gasteiger partial charge in [-0.15, -0.1) is 0 Å². The molecule has 194 valence electrons. The van der Waals surface area contributed by atoms with Crippen LogP contribution in [-0.4, -0.2) is 27.7 Å². The average Bonchev–Trinajstić information content (AvgIpc) is 3.53. The Balaban J connectivity index is 1.64. The number of methoxy groups -OCH3 is 1. The van der Waals surface area contributed by atoms with Crippen molar-refractivity contribution in [2.24, 2.45) is 0 Å². The molecular formula is C28H25Cl2N5O2S. The fourth-order valence-corrected chi connectivity index (χ4v) is 5.48. The van der Waals surface area contributed by atoms with E-state index in [4.69, 9.17) is 40.2 Å². The van der Waals surface area contributed by atoms with Crippen molar-refractivity contribution in [1.82, 2.24) is 14.9 Å². The van der Waals surface area contributed by atoms with Crippen LogP contribution in [0.3, 0.4) is 0 Å². The Bertz CT molecular complexity index is 1490. The summed E-state index contributed by atoms with van der Waals surface area (Å²) in [5.41, 5.74) is 3.97. The fraction of sp³-hybridized carbons (Fsp3) is 0.179. The van der Waals surface area contributed by atoms with E-state index in [0.717, 1.165) is 22.8 Å². The highest BCUT2D eigenvalue weighted by molar-refractivity contribution is 7.80. The summed E-state index contributed by atoms with van der Waals surface area (Å²) in [5, 5.41) is 7.98. The molecule has 0 unspecified atom stereocenters. The molecular weight excluding hydrogens is 541 g/mol. The number of carbonyl (C=O) groups excluding carboxylic acids is 1.